The summed E-state index contributed by atoms with van der Waals surface area (Å²) in [6.07, 6.45) is -0.283. The predicted octanol–water partition coefficient (Wildman–Crippen LogP) is -3.52. The zero-order valence-electron chi connectivity index (χ0n) is 28.3. The molecule has 2 unspecified atom stereocenters. The summed E-state index contributed by atoms with van der Waals surface area (Å²) in [4.78, 5) is 78.3. The van der Waals surface area contributed by atoms with E-state index in [1.165, 1.54) is 38.4 Å². The number of aliphatic hydroxyl groups is 3. The molecule has 1 aliphatic rings. The molecule has 0 fully saturated rings. The zero-order chi connectivity index (χ0) is 37.7. The number of likely N-dealkylation sites (N-methyl/N-ethyl adjacent to an activating group) is 2. The third-order valence-electron chi connectivity index (χ3n) is 8.18. The summed E-state index contributed by atoms with van der Waals surface area (Å²) in [5, 5.41) is 64.3. The fourth-order valence-electron chi connectivity index (χ4n) is 5.24. The van der Waals surface area contributed by atoms with Crippen LogP contribution >= 0.6 is 0 Å². The van der Waals surface area contributed by atoms with Crippen molar-refractivity contribution < 1.29 is 54.3 Å². The van der Waals surface area contributed by atoms with Crippen LogP contribution < -0.4 is 31.9 Å². The van der Waals surface area contributed by atoms with Gasteiger partial charge in [-0.05, 0) is 61.7 Å². The molecule has 6 amide bonds. The van der Waals surface area contributed by atoms with Gasteiger partial charge in [-0.3, -0.25) is 28.8 Å². The second-order valence-electron chi connectivity index (χ2n) is 11.9. The smallest absolute Gasteiger partial charge is 0.247 e. The maximum Gasteiger partial charge on any atom is 0.247 e. The van der Waals surface area contributed by atoms with E-state index in [0.29, 0.717) is 18.4 Å². The van der Waals surface area contributed by atoms with Crippen molar-refractivity contribution in [1.82, 2.24) is 36.8 Å². The van der Waals surface area contributed by atoms with E-state index in [-0.39, 0.29) is 41.2 Å². The molecular weight excluding hydrogens is 670 g/mol. The molecular formula is C33H45N7O11. The average molecular weight is 716 g/mol. The first kappa shape index (κ1) is 40.1. The molecule has 0 radical (unpaired) electrons. The standard InChI is InChI=1S/C33H45N7O11/c1-34-24(17-42)32(50)37-13-27(46)35-15-29(48)40(2)30-19-7-9-26(45)22(11-19)21-10-18(6-8-25(21)44)4-3-5-23(31(49)36-12-20(43)16-41)39-28(47)14-38-33(30)51/h6-11,20,23-24,30,34,41-45H,3-5,12-17H2,1-2H3,(H,35,46)(H,36,49)(H,37,50)(H,38,51)(H,39,47)/t20?,23-,24+,30?/m0/s1. The van der Waals surface area contributed by atoms with Crippen LogP contribution in [0, 0.1) is 0 Å². The number of rotatable bonds is 12. The Morgan fingerprint density at radius 2 is 1.63 bits per heavy atom. The highest BCUT2D eigenvalue weighted by Crippen LogP contribution is 2.38. The van der Waals surface area contributed by atoms with Crippen molar-refractivity contribution in [3.05, 3.63) is 47.5 Å². The minimum absolute atomic E-state index is 0.141. The summed E-state index contributed by atoms with van der Waals surface area (Å²) in [5.41, 5.74) is 1.26. The molecule has 0 aliphatic carbocycles. The number of carbonyl (C=O) groups excluding carboxylic acids is 6. The Kier molecular flexibility index (Phi) is 15.1. The van der Waals surface area contributed by atoms with Crippen LogP contribution in [0.4, 0.5) is 0 Å². The number of amides is 6. The Bertz CT molecular complexity index is 1580. The fraction of sp³-hybridized carbons (Fsp3) is 0.455. The number of fused-ring (bicyclic) bond motifs is 5. The molecule has 18 heteroatoms. The number of aliphatic hydroxyl groups excluding tert-OH is 3. The monoisotopic (exact) mass is 715 g/mol. The van der Waals surface area contributed by atoms with E-state index in [4.69, 9.17) is 5.11 Å². The number of nitrogens with one attached hydrogen (secondary N) is 6. The van der Waals surface area contributed by atoms with Gasteiger partial charge in [0.1, 0.15) is 29.6 Å². The molecule has 1 heterocycles. The molecule has 18 nitrogen and oxygen atoms in total. The van der Waals surface area contributed by atoms with Crippen molar-refractivity contribution in [2.45, 2.75) is 43.5 Å². The number of aryl methyl sites for hydroxylation is 1. The lowest BCUT2D eigenvalue weighted by molar-refractivity contribution is -0.140. The van der Waals surface area contributed by atoms with Crippen LogP contribution in [0.3, 0.4) is 0 Å². The molecule has 2 aromatic carbocycles. The van der Waals surface area contributed by atoms with E-state index < -0.39 is 92.5 Å². The summed E-state index contributed by atoms with van der Waals surface area (Å²) >= 11 is 0. The molecule has 51 heavy (non-hydrogen) atoms. The molecule has 2 aromatic rings. The molecule has 1 aliphatic heterocycles. The highest BCUT2D eigenvalue weighted by molar-refractivity contribution is 5.95. The average Bonchev–Trinajstić information content (AvgIpc) is 3.11. The number of nitrogens with zero attached hydrogens (tertiary/aromatic N) is 1. The van der Waals surface area contributed by atoms with Crippen LogP contribution in [0.2, 0.25) is 0 Å². The number of aromatic hydroxyl groups is 2. The van der Waals surface area contributed by atoms with E-state index >= 15 is 0 Å². The van der Waals surface area contributed by atoms with Gasteiger partial charge < -0.3 is 62.3 Å². The molecule has 3 rings (SSSR count). The van der Waals surface area contributed by atoms with Crippen LogP contribution in [0.1, 0.15) is 30.0 Å². The van der Waals surface area contributed by atoms with Gasteiger partial charge in [-0.15, -0.1) is 0 Å². The second-order valence-corrected chi connectivity index (χ2v) is 11.9. The van der Waals surface area contributed by atoms with Crippen molar-refractivity contribution in [3.63, 3.8) is 0 Å². The van der Waals surface area contributed by atoms with Gasteiger partial charge in [-0.1, -0.05) is 12.1 Å². The number of carbonyl (C=O) groups is 6. The summed E-state index contributed by atoms with van der Waals surface area (Å²) in [5.74, 6) is -4.75. The minimum Gasteiger partial charge on any atom is -0.507 e. The van der Waals surface area contributed by atoms with E-state index in [0.717, 1.165) is 4.90 Å². The van der Waals surface area contributed by atoms with Crippen molar-refractivity contribution in [2.24, 2.45) is 0 Å². The predicted molar refractivity (Wildman–Crippen MR) is 181 cm³/mol. The first-order valence-corrected chi connectivity index (χ1v) is 16.2. The molecule has 0 saturated heterocycles. The van der Waals surface area contributed by atoms with Crippen molar-refractivity contribution >= 4 is 35.4 Å². The summed E-state index contributed by atoms with van der Waals surface area (Å²) < 4.78 is 0. The van der Waals surface area contributed by atoms with Crippen molar-refractivity contribution in [2.75, 3.05) is 53.5 Å². The van der Waals surface area contributed by atoms with Gasteiger partial charge in [0.2, 0.25) is 35.4 Å². The van der Waals surface area contributed by atoms with Gasteiger partial charge in [0.15, 0.2) is 0 Å². The second kappa shape index (κ2) is 19.2. The van der Waals surface area contributed by atoms with Crippen LogP contribution in [0.15, 0.2) is 36.4 Å². The lowest BCUT2D eigenvalue weighted by Gasteiger charge is -2.28. The van der Waals surface area contributed by atoms with E-state index in [1.54, 1.807) is 12.1 Å². The number of phenolic OH excluding ortho intramolecular Hbond substituents is 2. The number of hydrogen-bond acceptors (Lipinski definition) is 12. The van der Waals surface area contributed by atoms with E-state index in [9.17, 15) is 49.2 Å². The topological polar surface area (TPSA) is 279 Å². The molecule has 4 atom stereocenters. The van der Waals surface area contributed by atoms with Crippen molar-refractivity contribution in [3.8, 4) is 22.6 Å². The highest BCUT2D eigenvalue weighted by atomic mass is 16.3. The third-order valence-corrected chi connectivity index (χ3v) is 8.18. The Hall–Kier alpha value is -5.30. The van der Waals surface area contributed by atoms with Gasteiger partial charge in [-0.25, -0.2) is 0 Å². The van der Waals surface area contributed by atoms with Gasteiger partial charge in [0, 0.05) is 24.7 Å². The number of benzene rings is 2. The molecule has 0 spiro atoms. The first-order valence-electron chi connectivity index (χ1n) is 16.2. The van der Waals surface area contributed by atoms with Gasteiger partial charge >= 0.3 is 0 Å². The molecule has 0 saturated carbocycles. The maximum absolute atomic E-state index is 13.7. The highest BCUT2D eigenvalue weighted by Gasteiger charge is 2.31. The van der Waals surface area contributed by atoms with Gasteiger partial charge in [-0.2, -0.15) is 0 Å². The molecule has 0 aromatic heterocycles. The van der Waals surface area contributed by atoms with Crippen LogP contribution in [-0.4, -0.2) is 138 Å². The molecule has 278 valence electrons. The van der Waals surface area contributed by atoms with E-state index in [2.05, 4.69) is 31.9 Å². The Morgan fingerprint density at radius 3 is 2.29 bits per heavy atom. The van der Waals surface area contributed by atoms with Crippen LogP contribution in [0.5, 0.6) is 11.5 Å². The number of hydrogen-bond donors (Lipinski definition) is 11. The van der Waals surface area contributed by atoms with Crippen LogP contribution in [0.25, 0.3) is 11.1 Å². The lowest BCUT2D eigenvalue weighted by atomic mass is 9.94. The Morgan fingerprint density at radius 1 is 0.941 bits per heavy atom. The summed E-state index contributed by atoms with van der Waals surface area (Å²) in [7, 11) is 2.73. The normalized spacial score (nSPS) is 17.6. The SMILES string of the molecule is CN[C@H](CO)C(=O)NCC(=O)NCC(=O)N(C)C1C(=O)NCC(=O)N[C@H](C(=O)NCC(O)CO)CCCc2ccc(O)c(c2)-c2cc1ccc2O. The van der Waals surface area contributed by atoms with Crippen LogP contribution in [-0.2, 0) is 35.2 Å². The largest absolute Gasteiger partial charge is 0.507 e. The van der Waals surface area contributed by atoms with Gasteiger partial charge in [0.25, 0.3) is 0 Å². The zero-order valence-corrected chi connectivity index (χ0v) is 28.3. The maximum atomic E-state index is 13.7. The third kappa shape index (κ3) is 11.4. The minimum atomic E-state index is -1.43. The number of phenols is 2. The quantitative estimate of drug-likeness (QED) is 0.102. The lowest BCUT2D eigenvalue weighted by Crippen LogP contribution is -2.52. The van der Waals surface area contributed by atoms with E-state index in [1.807, 2.05) is 0 Å². The Balaban J connectivity index is 1.91. The summed E-state index contributed by atoms with van der Waals surface area (Å²) in [6.45, 7) is -3.07. The van der Waals surface area contributed by atoms with Gasteiger partial charge in [0.05, 0.1) is 39.0 Å². The fourth-order valence-corrected chi connectivity index (χ4v) is 5.24. The summed E-state index contributed by atoms with van der Waals surface area (Å²) in [6, 6.07) is 5.35. The first-order chi connectivity index (χ1) is 24.3. The molecule has 11 N–H and O–H groups in total. The van der Waals surface area contributed by atoms with Crippen molar-refractivity contribution in [1.29, 1.82) is 0 Å². The Labute approximate surface area is 293 Å². The molecule has 4 bridgehead atoms.